The molecule has 0 aliphatic carbocycles. The molecule has 1 aromatic heterocycles. The molecule has 0 unspecified atom stereocenters. The maximum Gasteiger partial charge on any atom is 0.299 e. The maximum atomic E-state index is 12.0. The summed E-state index contributed by atoms with van der Waals surface area (Å²) in [5, 5.41) is 1.96. The van der Waals surface area contributed by atoms with Crippen molar-refractivity contribution in [3.8, 4) is 0 Å². The molecule has 0 bridgehead atoms. The van der Waals surface area contributed by atoms with Crippen LogP contribution in [0.25, 0.3) is 0 Å². The molecule has 3 nitrogen and oxygen atoms in total. The van der Waals surface area contributed by atoms with Crippen LogP contribution in [0.1, 0.15) is 15.2 Å². The fourth-order valence-electron chi connectivity index (χ4n) is 2.02. The van der Waals surface area contributed by atoms with Crippen LogP contribution < -0.4 is 4.90 Å². The van der Waals surface area contributed by atoms with E-state index in [1.165, 1.54) is 4.90 Å². The lowest BCUT2D eigenvalue weighted by molar-refractivity contribution is -0.114. The maximum absolute atomic E-state index is 12.0. The summed E-state index contributed by atoms with van der Waals surface area (Å²) in [4.78, 5) is 26.5. The standard InChI is InChI=1S/C13H8BrNO2S/c14-10-5-1-4-9-11(10)15(13(17)12(9)16)7-8-3-2-6-18-8/h1-6H,7H2. The minimum atomic E-state index is -0.453. The van der Waals surface area contributed by atoms with Crippen molar-refractivity contribution >= 4 is 44.6 Å². The fourth-order valence-corrected chi connectivity index (χ4v) is 3.29. The predicted molar refractivity (Wildman–Crippen MR) is 74.0 cm³/mol. The Morgan fingerprint density at radius 3 is 2.72 bits per heavy atom. The number of nitrogens with zero attached hydrogens (tertiary/aromatic N) is 1. The van der Waals surface area contributed by atoms with Crippen molar-refractivity contribution < 1.29 is 9.59 Å². The van der Waals surface area contributed by atoms with E-state index in [1.807, 2.05) is 23.6 Å². The first-order valence-electron chi connectivity index (χ1n) is 5.35. The predicted octanol–water partition coefficient (Wildman–Crippen LogP) is 3.24. The number of carbonyl (C=O) groups is 2. The molecule has 0 saturated carbocycles. The third-order valence-corrected chi connectivity index (χ3v) is 4.34. The van der Waals surface area contributed by atoms with Gasteiger partial charge in [0.05, 0.1) is 17.8 Å². The highest BCUT2D eigenvalue weighted by Crippen LogP contribution is 2.37. The smallest absolute Gasteiger partial charge is 0.298 e. The molecule has 1 aliphatic heterocycles. The summed E-state index contributed by atoms with van der Waals surface area (Å²) >= 11 is 4.98. The molecule has 1 amide bonds. The summed E-state index contributed by atoms with van der Waals surface area (Å²) in [5.41, 5.74) is 1.16. The first-order chi connectivity index (χ1) is 8.68. The van der Waals surface area contributed by atoms with Crippen LogP contribution in [0.5, 0.6) is 0 Å². The van der Waals surface area contributed by atoms with Crippen LogP contribution in [0.3, 0.4) is 0 Å². The molecule has 0 saturated heterocycles. The second-order valence-electron chi connectivity index (χ2n) is 3.94. The quantitative estimate of drug-likeness (QED) is 0.796. The van der Waals surface area contributed by atoms with Gasteiger partial charge in [0.2, 0.25) is 0 Å². The number of Topliss-reactive ketones (excluding diaryl/α,β-unsaturated/α-hetero) is 1. The molecule has 1 aliphatic rings. The molecule has 5 heteroatoms. The van der Waals surface area contributed by atoms with Crippen LogP contribution in [0.4, 0.5) is 5.69 Å². The van der Waals surface area contributed by atoms with Crippen molar-refractivity contribution in [2.75, 3.05) is 4.90 Å². The Morgan fingerprint density at radius 1 is 1.17 bits per heavy atom. The van der Waals surface area contributed by atoms with Crippen LogP contribution in [-0.2, 0) is 11.3 Å². The molecule has 0 spiro atoms. The molecule has 1 aromatic carbocycles. The third kappa shape index (κ3) is 1.71. The molecular weight excluding hydrogens is 314 g/mol. The monoisotopic (exact) mass is 321 g/mol. The van der Waals surface area contributed by atoms with E-state index in [0.29, 0.717) is 17.8 Å². The van der Waals surface area contributed by atoms with Crippen molar-refractivity contribution in [3.05, 3.63) is 50.6 Å². The normalized spacial score (nSPS) is 14.2. The molecular formula is C13H8BrNO2S. The highest BCUT2D eigenvalue weighted by Gasteiger charge is 2.37. The number of anilines is 1. The number of benzene rings is 1. The van der Waals surface area contributed by atoms with Crippen LogP contribution in [-0.4, -0.2) is 11.7 Å². The summed E-state index contributed by atoms with van der Waals surface area (Å²) in [7, 11) is 0. The largest absolute Gasteiger partial charge is 0.299 e. The third-order valence-electron chi connectivity index (χ3n) is 2.83. The molecule has 0 fully saturated rings. The van der Waals surface area contributed by atoms with Gasteiger partial charge in [-0.3, -0.25) is 14.5 Å². The van der Waals surface area contributed by atoms with Gasteiger partial charge in [0.15, 0.2) is 0 Å². The van der Waals surface area contributed by atoms with E-state index < -0.39 is 11.7 Å². The highest BCUT2D eigenvalue weighted by atomic mass is 79.9. The minimum Gasteiger partial charge on any atom is -0.298 e. The van der Waals surface area contributed by atoms with Crippen molar-refractivity contribution in [2.24, 2.45) is 0 Å². The lowest BCUT2D eigenvalue weighted by Crippen LogP contribution is -2.28. The van der Waals surface area contributed by atoms with Crippen molar-refractivity contribution in [2.45, 2.75) is 6.54 Å². The Morgan fingerprint density at radius 2 is 2.00 bits per heavy atom. The summed E-state index contributed by atoms with van der Waals surface area (Å²) in [6.07, 6.45) is 0. The molecule has 0 atom stereocenters. The van der Waals surface area contributed by atoms with Crippen LogP contribution in [0.15, 0.2) is 40.2 Å². The molecule has 2 heterocycles. The number of fused-ring (bicyclic) bond motifs is 1. The SMILES string of the molecule is O=C1C(=O)N(Cc2cccs2)c2c(Br)cccc21. The van der Waals surface area contributed by atoms with Crippen LogP contribution >= 0.6 is 27.3 Å². The number of carbonyl (C=O) groups excluding carboxylic acids is 2. The van der Waals surface area contributed by atoms with Gasteiger partial charge in [-0.2, -0.15) is 0 Å². The second-order valence-corrected chi connectivity index (χ2v) is 5.82. The number of ketones is 1. The molecule has 3 rings (SSSR count). The van der Waals surface area contributed by atoms with Gasteiger partial charge in [-0.15, -0.1) is 11.3 Å². The first kappa shape index (κ1) is 11.6. The Kier molecular flexibility index (Phi) is 2.80. The summed E-state index contributed by atoms with van der Waals surface area (Å²) in [6, 6.07) is 9.18. The fraction of sp³-hybridized carbons (Fsp3) is 0.0769. The van der Waals surface area contributed by atoms with E-state index in [4.69, 9.17) is 0 Å². The molecule has 2 aromatic rings. The number of thiophene rings is 1. The summed E-state index contributed by atoms with van der Waals surface area (Å²) in [6.45, 7) is 0.442. The Hall–Kier alpha value is -1.46. The number of halogens is 1. The Bertz CT molecular complexity index is 636. The first-order valence-corrected chi connectivity index (χ1v) is 7.03. The van der Waals surface area contributed by atoms with E-state index in [9.17, 15) is 9.59 Å². The summed E-state index contributed by atoms with van der Waals surface area (Å²) in [5.74, 6) is -0.881. The topological polar surface area (TPSA) is 37.4 Å². The lowest BCUT2D eigenvalue weighted by atomic mass is 10.1. The van der Waals surface area contributed by atoms with Gasteiger partial charge < -0.3 is 0 Å². The number of amides is 1. The van der Waals surface area contributed by atoms with Gasteiger partial charge in [0.25, 0.3) is 11.7 Å². The van der Waals surface area contributed by atoms with E-state index >= 15 is 0 Å². The van der Waals surface area contributed by atoms with Gasteiger partial charge in [0.1, 0.15) is 0 Å². The van der Waals surface area contributed by atoms with Crippen molar-refractivity contribution in [1.82, 2.24) is 0 Å². The average Bonchev–Trinajstić information content (AvgIpc) is 2.94. The van der Waals surface area contributed by atoms with Crippen molar-refractivity contribution in [3.63, 3.8) is 0 Å². The average molecular weight is 322 g/mol. The van der Waals surface area contributed by atoms with Gasteiger partial charge >= 0.3 is 0 Å². The van der Waals surface area contributed by atoms with Gasteiger partial charge in [-0.1, -0.05) is 12.1 Å². The molecule has 0 radical (unpaired) electrons. The zero-order chi connectivity index (χ0) is 12.7. The number of rotatable bonds is 2. The molecule has 0 N–H and O–H groups in total. The zero-order valence-electron chi connectivity index (χ0n) is 9.22. The van der Waals surface area contributed by atoms with E-state index in [0.717, 1.165) is 9.35 Å². The van der Waals surface area contributed by atoms with E-state index in [-0.39, 0.29) is 0 Å². The van der Waals surface area contributed by atoms with Gasteiger partial charge in [-0.05, 0) is 39.5 Å². The number of para-hydroxylation sites is 1. The summed E-state index contributed by atoms with van der Waals surface area (Å²) < 4.78 is 0.774. The zero-order valence-corrected chi connectivity index (χ0v) is 11.6. The molecule has 18 heavy (non-hydrogen) atoms. The minimum absolute atomic E-state index is 0.428. The Balaban J connectivity index is 2.07. The number of hydrogen-bond acceptors (Lipinski definition) is 3. The molecule has 90 valence electrons. The van der Waals surface area contributed by atoms with Crippen molar-refractivity contribution in [1.29, 1.82) is 0 Å². The number of hydrogen-bond donors (Lipinski definition) is 0. The van der Waals surface area contributed by atoms with Gasteiger partial charge in [0, 0.05) is 9.35 Å². The Labute approximate surface area is 116 Å². The van der Waals surface area contributed by atoms with E-state index in [1.54, 1.807) is 23.5 Å². The van der Waals surface area contributed by atoms with Crippen LogP contribution in [0, 0.1) is 0 Å². The lowest BCUT2D eigenvalue weighted by Gasteiger charge is -2.16. The van der Waals surface area contributed by atoms with Crippen LogP contribution in [0.2, 0.25) is 0 Å². The van der Waals surface area contributed by atoms with E-state index in [2.05, 4.69) is 15.9 Å². The van der Waals surface area contributed by atoms with Gasteiger partial charge in [-0.25, -0.2) is 0 Å². The second kappa shape index (κ2) is 4.33. The highest BCUT2D eigenvalue weighted by molar-refractivity contribution is 9.10.